The Morgan fingerprint density at radius 2 is 1.43 bits per heavy atom. The first kappa shape index (κ1) is 29.4. The highest BCUT2D eigenvalue weighted by molar-refractivity contribution is 5.72. The van der Waals surface area contributed by atoms with Gasteiger partial charge in [-0.3, -0.25) is 0 Å². The fraction of sp³-hybridized carbons (Fsp3) is 0.625. The predicted octanol–water partition coefficient (Wildman–Crippen LogP) is 0.320. The lowest BCUT2D eigenvalue weighted by molar-refractivity contribution is -0.114. The van der Waals surface area contributed by atoms with Gasteiger partial charge in [0.1, 0.15) is 5.78 Å². The van der Waals surface area contributed by atoms with Crippen LogP contribution in [0.15, 0.2) is 0 Å². The number of hydrogen-bond donors (Lipinski definition) is 2. The number of carbonyl (C=O) groups excluding carboxylic acids is 1. The third-order valence-electron chi connectivity index (χ3n) is 0.288. The SMILES string of the molecule is C#N.CC(C)(N)C#N.CC(C)=O.N.O. The smallest absolute Gasteiger partial charge is 0.126 e. The van der Waals surface area contributed by atoms with Gasteiger partial charge in [0.05, 0.1) is 11.6 Å². The molecule has 0 aliphatic rings. The lowest BCUT2D eigenvalue weighted by Crippen LogP contribution is -2.28. The molecule has 6 nitrogen and oxygen atoms in total. The maximum absolute atomic E-state index is 9.44. The van der Waals surface area contributed by atoms with Crippen molar-refractivity contribution in [3.8, 4) is 12.6 Å². The van der Waals surface area contributed by atoms with Gasteiger partial charge in [0.2, 0.25) is 0 Å². The number of nitrogens with zero attached hydrogens (tertiary/aromatic N) is 2. The minimum Gasteiger partial charge on any atom is -0.412 e. The second kappa shape index (κ2) is 17.6. The Hall–Kier alpha value is -1.47. The minimum atomic E-state index is -0.653. The molecule has 7 N–H and O–H groups in total. The first-order chi connectivity index (χ1) is 5.29. The summed E-state index contributed by atoms with van der Waals surface area (Å²) in [5.41, 5.74) is 4.52. The molecule has 84 valence electrons. The number of nitriles is 2. The van der Waals surface area contributed by atoms with Crippen LogP contribution in [0.3, 0.4) is 0 Å². The van der Waals surface area contributed by atoms with E-state index in [9.17, 15) is 4.79 Å². The molecular formula is C8H20N4O2. The Labute approximate surface area is 85.2 Å². The summed E-state index contributed by atoms with van der Waals surface area (Å²) in [4.78, 5) is 9.44. The molecule has 0 unspecified atom stereocenters. The average molecular weight is 204 g/mol. The number of hydrogen-bond acceptors (Lipinski definition) is 5. The summed E-state index contributed by atoms with van der Waals surface area (Å²) in [6.45, 7) is 9.88. The zero-order valence-electron chi connectivity index (χ0n) is 9.16. The molecule has 0 aromatic carbocycles. The van der Waals surface area contributed by atoms with Crippen molar-refractivity contribution >= 4 is 5.78 Å². The van der Waals surface area contributed by atoms with Crippen molar-refractivity contribution in [1.29, 1.82) is 10.5 Å². The van der Waals surface area contributed by atoms with Crippen molar-refractivity contribution in [3.05, 3.63) is 0 Å². The molecule has 0 aromatic heterocycles. The van der Waals surface area contributed by atoms with Gasteiger partial charge in [0.25, 0.3) is 0 Å². The van der Waals surface area contributed by atoms with E-state index in [0.717, 1.165) is 0 Å². The lowest BCUT2D eigenvalue weighted by Gasteiger charge is -2.02. The van der Waals surface area contributed by atoms with Gasteiger partial charge in [-0.05, 0) is 27.7 Å². The Bertz CT molecular complexity index is 172. The van der Waals surface area contributed by atoms with Crippen LogP contribution < -0.4 is 11.9 Å². The van der Waals surface area contributed by atoms with Crippen molar-refractivity contribution in [2.75, 3.05) is 0 Å². The standard InChI is InChI=1S/C4H8N2.C3H6O.CHN.H3N.H2O/c1-4(2,6)3-5;1-3(2)4;1-2;;/h6H2,1-2H3;1-2H3;1H;1H3;1H2. The predicted molar refractivity (Wildman–Crippen MR) is 55.5 cm³/mol. The van der Waals surface area contributed by atoms with Crippen LogP contribution in [0.2, 0.25) is 0 Å². The van der Waals surface area contributed by atoms with E-state index in [4.69, 9.17) is 16.3 Å². The highest BCUT2D eigenvalue weighted by Crippen LogP contribution is 1.88. The van der Waals surface area contributed by atoms with Gasteiger partial charge in [-0.25, -0.2) is 5.26 Å². The molecule has 0 amide bonds. The molecule has 0 spiro atoms. The third kappa shape index (κ3) is 409. The van der Waals surface area contributed by atoms with Gasteiger partial charge in [0.15, 0.2) is 0 Å². The fourth-order valence-corrected chi connectivity index (χ4v) is 0. The molecule has 0 aliphatic carbocycles. The maximum Gasteiger partial charge on any atom is 0.126 e. The highest BCUT2D eigenvalue weighted by Gasteiger charge is 2.04. The van der Waals surface area contributed by atoms with Gasteiger partial charge < -0.3 is 22.2 Å². The zero-order valence-corrected chi connectivity index (χ0v) is 9.16. The van der Waals surface area contributed by atoms with Gasteiger partial charge in [-0.2, -0.15) is 5.26 Å². The van der Waals surface area contributed by atoms with E-state index in [2.05, 4.69) is 6.57 Å². The summed E-state index contributed by atoms with van der Waals surface area (Å²) in [5.74, 6) is 0.167. The van der Waals surface area contributed by atoms with Crippen molar-refractivity contribution in [3.63, 3.8) is 0 Å². The van der Waals surface area contributed by atoms with Crippen molar-refractivity contribution in [2.24, 2.45) is 5.73 Å². The summed E-state index contributed by atoms with van der Waals surface area (Å²) in [6, 6.07) is 1.88. The van der Waals surface area contributed by atoms with Gasteiger partial charge in [-0.1, -0.05) is 0 Å². The van der Waals surface area contributed by atoms with Crippen molar-refractivity contribution in [1.82, 2.24) is 6.15 Å². The van der Waals surface area contributed by atoms with Crippen molar-refractivity contribution < 1.29 is 10.3 Å². The van der Waals surface area contributed by atoms with E-state index >= 15 is 0 Å². The molecule has 14 heavy (non-hydrogen) atoms. The maximum atomic E-state index is 9.44. The molecule has 0 radical (unpaired) electrons. The molecule has 0 aromatic rings. The van der Waals surface area contributed by atoms with Gasteiger partial charge in [0, 0.05) is 6.57 Å². The zero-order chi connectivity index (χ0) is 10.8. The molecular weight excluding hydrogens is 184 g/mol. The molecule has 0 bridgehead atoms. The molecule has 0 atom stereocenters. The number of nitrogens with two attached hydrogens (primary N) is 1. The van der Waals surface area contributed by atoms with Crippen LogP contribution in [0.25, 0.3) is 0 Å². The van der Waals surface area contributed by atoms with E-state index in [-0.39, 0.29) is 17.4 Å². The quantitative estimate of drug-likeness (QED) is 0.580. The monoisotopic (exact) mass is 204 g/mol. The second-order valence-corrected chi connectivity index (χ2v) is 2.74. The van der Waals surface area contributed by atoms with Crippen LogP contribution in [0.5, 0.6) is 0 Å². The Morgan fingerprint density at radius 3 is 1.43 bits per heavy atom. The summed E-state index contributed by atoms with van der Waals surface area (Å²) >= 11 is 0. The Kier molecular flexibility index (Phi) is 36.9. The molecule has 0 heterocycles. The van der Waals surface area contributed by atoms with Gasteiger partial charge in [-0.15, -0.1) is 0 Å². The molecule has 0 rings (SSSR count). The number of Topliss-reactive ketones (excluding diaryl/α,β-unsaturated/α-hetero) is 1. The van der Waals surface area contributed by atoms with E-state index < -0.39 is 5.54 Å². The number of carbonyl (C=O) groups is 1. The number of ketones is 1. The second-order valence-electron chi connectivity index (χ2n) is 2.74. The summed E-state index contributed by atoms with van der Waals surface area (Å²) in [6.07, 6.45) is 0. The Morgan fingerprint density at radius 1 is 1.36 bits per heavy atom. The average Bonchev–Trinajstić information content (AvgIpc) is 1.90. The van der Waals surface area contributed by atoms with Crippen LogP contribution in [-0.2, 0) is 4.79 Å². The topological polar surface area (TPSA) is 157 Å². The largest absolute Gasteiger partial charge is 0.412 e. The molecule has 0 aliphatic heterocycles. The van der Waals surface area contributed by atoms with Crippen LogP contribution in [-0.4, -0.2) is 16.8 Å². The van der Waals surface area contributed by atoms with E-state index in [1.807, 2.05) is 6.07 Å². The molecule has 0 saturated heterocycles. The summed E-state index contributed by atoms with van der Waals surface area (Å²) < 4.78 is 0. The molecule has 0 saturated carbocycles. The van der Waals surface area contributed by atoms with Crippen LogP contribution in [0.1, 0.15) is 27.7 Å². The first-order valence-electron chi connectivity index (χ1n) is 3.22. The third-order valence-corrected chi connectivity index (χ3v) is 0.288. The summed E-state index contributed by atoms with van der Waals surface area (Å²) in [7, 11) is 0. The van der Waals surface area contributed by atoms with E-state index in [1.165, 1.54) is 13.8 Å². The van der Waals surface area contributed by atoms with Crippen LogP contribution >= 0.6 is 0 Å². The number of rotatable bonds is 0. The first-order valence-corrected chi connectivity index (χ1v) is 3.22. The van der Waals surface area contributed by atoms with E-state index in [0.29, 0.717) is 0 Å². The summed E-state index contributed by atoms with van der Waals surface area (Å²) in [5, 5.41) is 14.5. The van der Waals surface area contributed by atoms with Crippen LogP contribution in [0, 0.1) is 23.2 Å². The molecule has 0 fully saturated rings. The minimum absolute atomic E-state index is 0. The van der Waals surface area contributed by atoms with E-state index in [1.54, 1.807) is 13.8 Å². The Balaban J connectivity index is -0.0000000302. The fourth-order valence-electron chi connectivity index (χ4n) is 0. The van der Waals surface area contributed by atoms with Crippen molar-refractivity contribution in [2.45, 2.75) is 33.2 Å². The van der Waals surface area contributed by atoms with Crippen LogP contribution in [0.4, 0.5) is 0 Å². The van der Waals surface area contributed by atoms with Gasteiger partial charge >= 0.3 is 0 Å². The lowest BCUT2D eigenvalue weighted by atomic mass is 10.1. The highest BCUT2D eigenvalue weighted by atomic mass is 16.1. The molecule has 6 heteroatoms. The normalized spacial score (nSPS) is 6.43.